The second-order valence-electron chi connectivity index (χ2n) is 8.16. The van der Waals surface area contributed by atoms with Crippen molar-refractivity contribution in [3.8, 4) is 11.5 Å². The first-order chi connectivity index (χ1) is 14.8. The van der Waals surface area contributed by atoms with Crippen molar-refractivity contribution in [2.75, 3.05) is 13.2 Å². The topological polar surface area (TPSA) is 89.6 Å². The molecule has 2 bridgehead atoms. The van der Waals surface area contributed by atoms with E-state index in [0.717, 1.165) is 24.6 Å². The largest absolute Gasteiger partial charge is 0.484 e. The van der Waals surface area contributed by atoms with Gasteiger partial charge in [0.05, 0.1) is 11.2 Å². The molecule has 3 fully saturated rings. The maximum atomic E-state index is 13.5. The Kier molecular flexibility index (Phi) is 6.00. The molecule has 5 rings (SSSR count). The molecule has 0 saturated heterocycles. The Bertz CT molecular complexity index is 979. The van der Waals surface area contributed by atoms with Gasteiger partial charge in [-0.3, -0.25) is 14.6 Å². The highest BCUT2D eigenvalue weighted by atomic mass is 35.5. The lowest BCUT2D eigenvalue weighted by atomic mass is 9.76. The van der Waals surface area contributed by atoms with Crippen LogP contribution < -0.4 is 20.1 Å². The molecule has 0 aliphatic heterocycles. The number of nitrogens with zero attached hydrogens (tertiary/aromatic N) is 1. The zero-order valence-electron chi connectivity index (χ0n) is 17.0. The lowest BCUT2D eigenvalue weighted by Crippen LogP contribution is -2.53. The average molecular weight is 448 g/mol. The van der Waals surface area contributed by atoms with Gasteiger partial charge in [-0.1, -0.05) is 11.6 Å². The highest BCUT2D eigenvalue weighted by Crippen LogP contribution is 2.51. The molecule has 164 valence electrons. The number of benzene rings is 1. The fourth-order valence-electron chi connectivity index (χ4n) is 4.29. The summed E-state index contributed by atoms with van der Waals surface area (Å²) in [7, 11) is 0. The number of halogens is 2. The average Bonchev–Trinajstić information content (AvgIpc) is 3.22. The molecule has 0 radical (unpaired) electrons. The number of fused-ring (bicyclic) bond motifs is 1. The molecule has 2 aromatic rings. The van der Waals surface area contributed by atoms with Crippen LogP contribution in [0, 0.1) is 18.7 Å². The van der Waals surface area contributed by atoms with Gasteiger partial charge in [0, 0.05) is 23.3 Å². The Labute approximate surface area is 184 Å². The number of nitrogens with one attached hydrogen (secondary N) is 2. The third-order valence-electron chi connectivity index (χ3n) is 5.75. The second-order valence-corrected chi connectivity index (χ2v) is 8.57. The molecule has 3 saturated carbocycles. The minimum atomic E-state index is -0.600. The number of hydrogen-bond donors (Lipinski definition) is 2. The molecule has 1 heterocycles. The van der Waals surface area contributed by atoms with Gasteiger partial charge in [0.2, 0.25) is 0 Å². The lowest BCUT2D eigenvalue weighted by Gasteiger charge is -2.39. The molecule has 1 atom stereocenters. The van der Waals surface area contributed by atoms with Crippen LogP contribution >= 0.6 is 11.6 Å². The van der Waals surface area contributed by atoms with Crippen LogP contribution in [0.3, 0.4) is 0 Å². The van der Waals surface area contributed by atoms with Gasteiger partial charge < -0.3 is 20.1 Å². The molecular formula is C22H23ClFN3O4. The Balaban J connectivity index is 1.20. The van der Waals surface area contributed by atoms with Crippen molar-refractivity contribution in [2.24, 2.45) is 5.92 Å². The fraction of sp³-hybridized carbons (Fsp3) is 0.409. The van der Waals surface area contributed by atoms with Gasteiger partial charge in [-0.25, -0.2) is 4.39 Å². The smallest absolute Gasteiger partial charge is 0.258 e. The zero-order chi connectivity index (χ0) is 22.0. The van der Waals surface area contributed by atoms with E-state index < -0.39 is 5.82 Å². The summed E-state index contributed by atoms with van der Waals surface area (Å²) in [6.45, 7) is 1.57. The summed E-state index contributed by atoms with van der Waals surface area (Å²) >= 11 is 5.64. The number of carbonyl (C=O) groups is 2. The van der Waals surface area contributed by atoms with Gasteiger partial charge in [0.25, 0.3) is 11.8 Å². The molecular weight excluding hydrogens is 425 g/mol. The Hall–Kier alpha value is -2.87. The molecule has 3 aliphatic carbocycles. The van der Waals surface area contributed by atoms with Gasteiger partial charge in [0.1, 0.15) is 17.3 Å². The van der Waals surface area contributed by atoms with Crippen molar-refractivity contribution in [1.82, 2.24) is 15.6 Å². The molecule has 31 heavy (non-hydrogen) atoms. The van der Waals surface area contributed by atoms with Crippen LogP contribution in [0.4, 0.5) is 4.39 Å². The van der Waals surface area contributed by atoms with Crippen LogP contribution in [-0.4, -0.2) is 41.6 Å². The van der Waals surface area contributed by atoms with E-state index in [4.69, 9.17) is 21.1 Å². The molecule has 1 aromatic heterocycles. The minimum Gasteiger partial charge on any atom is -0.484 e. The Morgan fingerprint density at radius 2 is 1.84 bits per heavy atom. The lowest BCUT2D eigenvalue weighted by molar-refractivity contribution is -0.126. The Morgan fingerprint density at radius 1 is 1.13 bits per heavy atom. The van der Waals surface area contributed by atoms with Crippen LogP contribution in [0.5, 0.6) is 11.5 Å². The van der Waals surface area contributed by atoms with Crippen LogP contribution in [0.1, 0.15) is 25.0 Å². The van der Waals surface area contributed by atoms with E-state index in [1.165, 1.54) is 12.1 Å². The van der Waals surface area contributed by atoms with E-state index in [1.807, 2.05) is 13.0 Å². The van der Waals surface area contributed by atoms with Gasteiger partial charge in [-0.15, -0.1) is 0 Å². The highest BCUT2D eigenvalue weighted by molar-refractivity contribution is 6.30. The number of aromatic nitrogens is 1. The van der Waals surface area contributed by atoms with E-state index in [9.17, 15) is 14.0 Å². The number of carbonyl (C=O) groups excluding carboxylic acids is 2. The molecule has 2 N–H and O–H groups in total. The summed E-state index contributed by atoms with van der Waals surface area (Å²) in [5.41, 5.74) is 0.552. The summed E-state index contributed by atoms with van der Waals surface area (Å²) in [5, 5.41) is 6.00. The molecule has 1 unspecified atom stereocenters. The van der Waals surface area contributed by atoms with Crippen LogP contribution in [0.2, 0.25) is 5.02 Å². The summed E-state index contributed by atoms with van der Waals surface area (Å²) in [6, 6.07) is 7.61. The monoisotopic (exact) mass is 447 g/mol. The number of rotatable bonds is 8. The maximum absolute atomic E-state index is 13.5. The first-order valence-electron chi connectivity index (χ1n) is 10.1. The van der Waals surface area contributed by atoms with Crippen LogP contribution in [0.25, 0.3) is 0 Å². The third-order valence-corrected chi connectivity index (χ3v) is 6.06. The Morgan fingerprint density at radius 3 is 2.55 bits per heavy atom. The SMILES string of the molecule is Cc1ccc(OCC(=O)NC2CC3(NC(=O)COc4ccc(Cl)c(F)c4)CC2C3)cn1. The predicted octanol–water partition coefficient (Wildman–Crippen LogP) is 2.79. The summed E-state index contributed by atoms with van der Waals surface area (Å²) in [5.74, 6) is 0.0272. The highest BCUT2D eigenvalue weighted by Gasteiger charge is 2.57. The number of pyridine rings is 1. The first-order valence-corrected chi connectivity index (χ1v) is 10.4. The van der Waals surface area contributed by atoms with Crippen molar-refractivity contribution in [3.63, 3.8) is 0 Å². The van der Waals surface area contributed by atoms with Gasteiger partial charge in [-0.2, -0.15) is 0 Å². The van der Waals surface area contributed by atoms with E-state index in [0.29, 0.717) is 18.1 Å². The maximum Gasteiger partial charge on any atom is 0.258 e. The number of aryl methyl sites for hydroxylation is 1. The fourth-order valence-corrected chi connectivity index (χ4v) is 4.41. The summed E-state index contributed by atoms with van der Waals surface area (Å²) in [6.07, 6.45) is 3.86. The molecule has 9 heteroatoms. The van der Waals surface area contributed by atoms with E-state index in [1.54, 1.807) is 12.3 Å². The van der Waals surface area contributed by atoms with Crippen molar-refractivity contribution >= 4 is 23.4 Å². The third kappa shape index (κ3) is 5.07. The number of hydrogen-bond acceptors (Lipinski definition) is 5. The van der Waals surface area contributed by atoms with Gasteiger partial charge in [0.15, 0.2) is 13.2 Å². The van der Waals surface area contributed by atoms with Crippen molar-refractivity contribution in [3.05, 3.63) is 53.1 Å². The molecule has 0 spiro atoms. The van der Waals surface area contributed by atoms with E-state index >= 15 is 0 Å². The van der Waals surface area contributed by atoms with Crippen LogP contribution in [0.15, 0.2) is 36.5 Å². The van der Waals surface area contributed by atoms with Crippen LogP contribution in [-0.2, 0) is 9.59 Å². The van der Waals surface area contributed by atoms with E-state index in [-0.39, 0.29) is 47.4 Å². The van der Waals surface area contributed by atoms with Gasteiger partial charge in [-0.05, 0) is 56.4 Å². The zero-order valence-corrected chi connectivity index (χ0v) is 17.7. The molecule has 3 aliphatic rings. The minimum absolute atomic E-state index is 0.00109. The predicted molar refractivity (Wildman–Crippen MR) is 112 cm³/mol. The van der Waals surface area contributed by atoms with Gasteiger partial charge >= 0.3 is 0 Å². The first kappa shape index (κ1) is 21.4. The standard InChI is InChI=1S/C22H23ClFN3O4/c1-13-2-3-16(10-25-13)31-11-20(28)26-19-9-22(7-14(19)8-22)27-21(29)12-30-15-4-5-17(23)18(24)6-15/h2-6,10,14,19H,7-9,11-12H2,1H3,(H,26,28)(H,27,29). The molecule has 2 amide bonds. The van der Waals surface area contributed by atoms with Crippen molar-refractivity contribution < 1.29 is 23.5 Å². The second kappa shape index (κ2) is 8.70. The molecule has 1 aromatic carbocycles. The normalized spacial score (nSPS) is 23.6. The van der Waals surface area contributed by atoms with Crippen molar-refractivity contribution in [2.45, 2.75) is 37.8 Å². The quantitative estimate of drug-likeness (QED) is 0.649. The number of ether oxygens (including phenoxy) is 2. The van der Waals surface area contributed by atoms with E-state index in [2.05, 4.69) is 15.6 Å². The summed E-state index contributed by atoms with van der Waals surface area (Å²) < 4.78 is 24.3. The number of amides is 2. The van der Waals surface area contributed by atoms with Crippen molar-refractivity contribution in [1.29, 1.82) is 0 Å². The summed E-state index contributed by atoms with van der Waals surface area (Å²) in [4.78, 5) is 28.7. The molecule has 7 nitrogen and oxygen atoms in total.